The number of anilines is 1. The zero-order chi connectivity index (χ0) is 29.6. The average molecular weight is 597 g/mol. The Balaban J connectivity index is 1.21. The Kier molecular flexibility index (Phi) is 5.97. The molecule has 1 unspecified atom stereocenters. The van der Waals surface area contributed by atoms with E-state index in [1.54, 1.807) is 12.1 Å². The van der Waals surface area contributed by atoms with Crippen LogP contribution in [0.3, 0.4) is 0 Å². The number of fused-ring (bicyclic) bond motifs is 7. The summed E-state index contributed by atoms with van der Waals surface area (Å²) in [6.07, 6.45) is 4.73. The predicted molar refractivity (Wildman–Crippen MR) is 166 cm³/mol. The smallest absolute Gasteiger partial charge is 0.319 e. The first kappa shape index (κ1) is 26.6. The zero-order valence-corrected chi connectivity index (χ0v) is 24.9. The van der Waals surface area contributed by atoms with E-state index >= 15 is 0 Å². The van der Waals surface area contributed by atoms with Crippen LogP contribution >= 0.6 is 0 Å². The van der Waals surface area contributed by atoms with E-state index in [9.17, 15) is 9.50 Å². The Labute approximate surface area is 255 Å². The molecule has 0 aliphatic carbocycles. The van der Waals surface area contributed by atoms with Crippen LogP contribution in [0.25, 0.3) is 32.9 Å². The molecule has 2 bridgehead atoms. The summed E-state index contributed by atoms with van der Waals surface area (Å²) in [6, 6.07) is 12.9. The van der Waals surface area contributed by atoms with Gasteiger partial charge >= 0.3 is 6.01 Å². The van der Waals surface area contributed by atoms with Gasteiger partial charge in [0, 0.05) is 37.2 Å². The van der Waals surface area contributed by atoms with Crippen LogP contribution < -0.4 is 19.7 Å². The first-order valence-corrected chi connectivity index (χ1v) is 16.1. The summed E-state index contributed by atoms with van der Waals surface area (Å²) in [7, 11) is 0. The largest absolute Gasteiger partial charge is 0.508 e. The van der Waals surface area contributed by atoms with Crippen molar-refractivity contribution >= 4 is 27.5 Å². The number of nitrogens with zero attached hydrogens (tertiary/aromatic N) is 5. The molecule has 4 saturated heterocycles. The SMILES string of the molecule is CCc1cccc2cc(O)cc(-c3cc4nc(OC[C@@]56CCCN5C[C@H](F)C6)nc5c4c(n3)OCC3[C@H]4CC[C@@H](CN53)N4)c12. The molecule has 4 aromatic rings. The molecule has 2 N–H and O–H groups in total. The van der Waals surface area contributed by atoms with Crippen molar-refractivity contribution in [1.82, 2.24) is 25.2 Å². The number of pyridine rings is 1. The molecule has 0 radical (unpaired) electrons. The van der Waals surface area contributed by atoms with Crippen LogP contribution in [-0.4, -0.2) is 87.6 Å². The Hall–Kier alpha value is -3.76. The van der Waals surface area contributed by atoms with Gasteiger partial charge < -0.3 is 24.8 Å². The van der Waals surface area contributed by atoms with E-state index in [1.165, 1.54) is 5.56 Å². The normalized spacial score (nSPS) is 29.1. The van der Waals surface area contributed by atoms with E-state index in [-0.39, 0.29) is 17.3 Å². The maximum atomic E-state index is 14.5. The van der Waals surface area contributed by atoms with Crippen molar-refractivity contribution in [3.63, 3.8) is 0 Å². The van der Waals surface area contributed by atoms with Crippen molar-refractivity contribution in [2.45, 2.75) is 75.3 Å². The number of hydrogen-bond donors (Lipinski definition) is 2. The average Bonchev–Trinajstić information content (AvgIpc) is 3.66. The molecule has 5 aliphatic heterocycles. The number of halogens is 1. The van der Waals surface area contributed by atoms with Gasteiger partial charge in [0.2, 0.25) is 5.88 Å². The number of benzene rings is 2. The Morgan fingerprint density at radius 2 is 2.07 bits per heavy atom. The third kappa shape index (κ3) is 4.06. The summed E-state index contributed by atoms with van der Waals surface area (Å²) >= 11 is 0. The van der Waals surface area contributed by atoms with Gasteiger partial charge in [0.05, 0.1) is 22.8 Å². The predicted octanol–water partition coefficient (Wildman–Crippen LogP) is 4.77. The fourth-order valence-corrected chi connectivity index (χ4v) is 8.73. The second-order valence-corrected chi connectivity index (χ2v) is 13.3. The standard InChI is InChI=1S/C34H37FN6O3/c1-2-19-5-3-6-20-11-23(42)12-24(29(19)20)26-13-27-30-31(41-16-22-7-8-25(36-22)28(41)17-43-32(30)37-26)39-33(38-27)44-18-34-9-4-10-40(34)15-21(35)14-34/h3,5-6,11-13,21-22,25,28,36,42H,2,4,7-10,14-18H2,1H3/t21-,22+,25-,28?,34+/m1/s1. The molecule has 0 saturated carbocycles. The van der Waals surface area contributed by atoms with Crippen LogP contribution in [0, 0.1) is 0 Å². The number of piperazine rings is 1. The minimum atomic E-state index is -0.823. The fourth-order valence-electron chi connectivity index (χ4n) is 8.73. The third-order valence-corrected chi connectivity index (χ3v) is 10.8. The van der Waals surface area contributed by atoms with Crippen LogP contribution in [0.15, 0.2) is 36.4 Å². The summed E-state index contributed by atoms with van der Waals surface area (Å²) in [5.41, 5.74) is 3.10. The van der Waals surface area contributed by atoms with Crippen LogP contribution in [0.4, 0.5) is 10.2 Å². The van der Waals surface area contributed by atoms with Gasteiger partial charge in [-0.15, -0.1) is 0 Å². The first-order chi connectivity index (χ1) is 21.5. The molecule has 2 aromatic carbocycles. The van der Waals surface area contributed by atoms with E-state index in [0.717, 1.165) is 72.7 Å². The van der Waals surface area contributed by atoms with E-state index < -0.39 is 6.17 Å². The molecule has 10 heteroatoms. The van der Waals surface area contributed by atoms with Crippen molar-refractivity contribution in [2.24, 2.45) is 0 Å². The number of ether oxygens (including phenoxy) is 2. The van der Waals surface area contributed by atoms with Gasteiger partial charge in [0.15, 0.2) is 0 Å². The van der Waals surface area contributed by atoms with E-state index in [0.29, 0.717) is 61.4 Å². The molecular weight excluding hydrogens is 559 g/mol. The Morgan fingerprint density at radius 1 is 1.14 bits per heavy atom. The number of aromatic nitrogens is 3. The monoisotopic (exact) mass is 596 g/mol. The van der Waals surface area contributed by atoms with Gasteiger partial charge in [-0.25, -0.2) is 9.37 Å². The number of nitrogens with one attached hydrogen (secondary N) is 1. The van der Waals surface area contributed by atoms with E-state index in [2.05, 4.69) is 28.1 Å². The number of phenolic OH excluding ortho intramolecular Hbond substituents is 1. The molecule has 5 aliphatic rings. The topological polar surface area (TPSA) is 95.9 Å². The lowest BCUT2D eigenvalue weighted by atomic mass is 9.95. The van der Waals surface area contributed by atoms with E-state index in [1.807, 2.05) is 18.2 Å². The van der Waals surface area contributed by atoms with Gasteiger partial charge in [-0.3, -0.25) is 4.90 Å². The summed E-state index contributed by atoms with van der Waals surface area (Å²) in [5, 5.41) is 17.3. The summed E-state index contributed by atoms with van der Waals surface area (Å²) in [5.74, 6) is 1.49. The molecule has 9 nitrogen and oxygen atoms in total. The lowest BCUT2D eigenvalue weighted by molar-refractivity contribution is 0.107. The van der Waals surface area contributed by atoms with Gasteiger partial charge in [0.25, 0.3) is 0 Å². The molecule has 7 heterocycles. The highest BCUT2D eigenvalue weighted by Gasteiger charge is 2.50. The highest BCUT2D eigenvalue weighted by molar-refractivity contribution is 6.02. The maximum Gasteiger partial charge on any atom is 0.319 e. The molecule has 0 amide bonds. The van der Waals surface area contributed by atoms with Crippen molar-refractivity contribution in [3.05, 3.63) is 42.0 Å². The molecule has 2 aromatic heterocycles. The molecule has 228 valence electrons. The summed E-state index contributed by atoms with van der Waals surface area (Å²) < 4.78 is 27.5. The van der Waals surface area contributed by atoms with Crippen molar-refractivity contribution in [3.8, 4) is 28.9 Å². The van der Waals surface area contributed by atoms with Crippen LogP contribution in [-0.2, 0) is 6.42 Å². The summed E-state index contributed by atoms with van der Waals surface area (Å²) in [4.78, 5) is 19.7. The number of alkyl halides is 1. The minimum Gasteiger partial charge on any atom is -0.508 e. The number of aromatic hydroxyl groups is 1. The second-order valence-electron chi connectivity index (χ2n) is 13.3. The van der Waals surface area contributed by atoms with Gasteiger partial charge in [0.1, 0.15) is 36.3 Å². The lowest BCUT2D eigenvalue weighted by Gasteiger charge is -2.40. The minimum absolute atomic E-state index is 0.108. The van der Waals surface area contributed by atoms with Crippen LogP contribution in [0.2, 0.25) is 0 Å². The Morgan fingerprint density at radius 3 is 2.98 bits per heavy atom. The molecule has 0 spiro atoms. The molecule has 9 rings (SSSR count). The second kappa shape index (κ2) is 9.87. The van der Waals surface area contributed by atoms with E-state index in [4.69, 9.17) is 24.4 Å². The molecular formula is C34H37FN6O3. The van der Waals surface area contributed by atoms with Crippen molar-refractivity contribution in [1.29, 1.82) is 0 Å². The quantitative estimate of drug-likeness (QED) is 0.338. The van der Waals surface area contributed by atoms with Crippen molar-refractivity contribution < 1.29 is 19.0 Å². The van der Waals surface area contributed by atoms with Gasteiger partial charge in [-0.05, 0) is 73.2 Å². The lowest BCUT2D eigenvalue weighted by Crippen LogP contribution is -2.60. The number of rotatable bonds is 5. The molecule has 5 atom stereocenters. The van der Waals surface area contributed by atoms with Crippen LogP contribution in [0.1, 0.15) is 44.6 Å². The fraction of sp³-hybridized carbons (Fsp3) is 0.500. The first-order valence-electron chi connectivity index (χ1n) is 16.1. The zero-order valence-electron chi connectivity index (χ0n) is 24.9. The molecule has 4 fully saturated rings. The Bertz CT molecular complexity index is 1800. The number of hydrogen-bond acceptors (Lipinski definition) is 9. The number of phenols is 1. The highest BCUT2D eigenvalue weighted by Crippen LogP contribution is 2.44. The van der Waals surface area contributed by atoms with Gasteiger partial charge in [-0.1, -0.05) is 25.1 Å². The maximum absolute atomic E-state index is 14.5. The molecule has 44 heavy (non-hydrogen) atoms. The summed E-state index contributed by atoms with van der Waals surface area (Å²) in [6.45, 7) is 5.21. The number of aryl methyl sites for hydroxylation is 1. The van der Waals surface area contributed by atoms with Crippen molar-refractivity contribution in [2.75, 3.05) is 37.7 Å². The van der Waals surface area contributed by atoms with Gasteiger partial charge in [-0.2, -0.15) is 9.97 Å². The highest BCUT2D eigenvalue weighted by atomic mass is 19.1. The van der Waals surface area contributed by atoms with Crippen LogP contribution in [0.5, 0.6) is 17.6 Å². The third-order valence-electron chi connectivity index (χ3n) is 10.8.